The number of carbonyl (C=O) groups excluding carboxylic acids is 2. The highest BCUT2D eigenvalue weighted by atomic mass is 32.2. The molecule has 1 N–H and O–H groups in total. The summed E-state index contributed by atoms with van der Waals surface area (Å²) < 4.78 is 37.9. The van der Waals surface area contributed by atoms with Gasteiger partial charge >= 0.3 is 5.97 Å². The Kier molecular flexibility index (Phi) is 5.79. The molecule has 3 aliphatic heterocycles. The summed E-state index contributed by atoms with van der Waals surface area (Å²) in [7, 11) is -2.37. The predicted octanol–water partition coefficient (Wildman–Crippen LogP) is 0.746. The van der Waals surface area contributed by atoms with E-state index in [9.17, 15) is 18.0 Å². The highest BCUT2D eigenvalue weighted by molar-refractivity contribution is 7.90. The molecule has 164 valence electrons. The molecule has 1 amide bonds. The number of morpholine rings is 1. The molecule has 1 aromatic rings. The number of anilines is 2. The maximum Gasteiger partial charge on any atom is 0.340 e. The lowest BCUT2D eigenvalue weighted by Crippen LogP contribution is -2.41. The van der Waals surface area contributed by atoms with E-state index in [-0.39, 0.29) is 35.0 Å². The SMILES string of the molecule is COC(=O)c1cc(N2CCOCC2)ccc1NC(=O)C1=CC=CN2CCS(=O)(=O)N=C12. The first-order chi connectivity index (χ1) is 14.9. The molecular formula is C20H22N4O6S. The second-order valence-corrected chi connectivity index (χ2v) is 8.85. The average molecular weight is 446 g/mol. The molecule has 0 radical (unpaired) electrons. The van der Waals surface area contributed by atoms with E-state index in [2.05, 4.69) is 14.6 Å². The van der Waals surface area contributed by atoms with Crippen molar-refractivity contribution >= 4 is 39.1 Å². The quantitative estimate of drug-likeness (QED) is 0.673. The van der Waals surface area contributed by atoms with Gasteiger partial charge in [-0.3, -0.25) is 4.79 Å². The molecule has 10 nitrogen and oxygen atoms in total. The average Bonchev–Trinajstić information content (AvgIpc) is 2.78. The van der Waals surface area contributed by atoms with Gasteiger partial charge in [0.05, 0.1) is 42.9 Å². The lowest BCUT2D eigenvalue weighted by atomic mass is 10.1. The predicted molar refractivity (Wildman–Crippen MR) is 115 cm³/mol. The number of fused-ring (bicyclic) bond motifs is 1. The molecule has 0 spiro atoms. The minimum atomic E-state index is -3.63. The van der Waals surface area contributed by atoms with Crippen molar-refractivity contribution in [3.05, 3.63) is 47.7 Å². The Labute approximate surface area is 179 Å². The Bertz CT molecular complexity index is 1100. The zero-order valence-electron chi connectivity index (χ0n) is 16.9. The minimum absolute atomic E-state index is 0.0656. The molecule has 11 heteroatoms. The fourth-order valence-corrected chi connectivity index (χ4v) is 4.51. The summed E-state index contributed by atoms with van der Waals surface area (Å²) in [5, 5.41) is 2.70. The fourth-order valence-electron chi connectivity index (χ4n) is 3.52. The Morgan fingerprint density at radius 1 is 1.19 bits per heavy atom. The first kappa shape index (κ1) is 21.1. The third-order valence-electron chi connectivity index (χ3n) is 5.14. The van der Waals surface area contributed by atoms with E-state index >= 15 is 0 Å². The van der Waals surface area contributed by atoms with E-state index in [1.807, 2.05) is 0 Å². The molecule has 1 aromatic carbocycles. The molecule has 3 aliphatic rings. The van der Waals surface area contributed by atoms with Crippen molar-refractivity contribution in [1.29, 1.82) is 0 Å². The normalized spacial score (nSPS) is 19.8. The first-order valence-corrected chi connectivity index (χ1v) is 11.3. The maximum absolute atomic E-state index is 13.0. The molecule has 0 atom stereocenters. The van der Waals surface area contributed by atoms with Crippen LogP contribution in [0.3, 0.4) is 0 Å². The van der Waals surface area contributed by atoms with Crippen LogP contribution in [-0.4, -0.2) is 76.7 Å². The van der Waals surface area contributed by atoms with E-state index in [4.69, 9.17) is 9.47 Å². The second-order valence-electron chi connectivity index (χ2n) is 7.09. The van der Waals surface area contributed by atoms with Gasteiger partial charge in [-0.2, -0.15) is 0 Å². The van der Waals surface area contributed by atoms with Crippen molar-refractivity contribution in [2.24, 2.45) is 4.40 Å². The second kappa shape index (κ2) is 8.52. The van der Waals surface area contributed by atoms with Gasteiger partial charge in [-0.25, -0.2) is 13.2 Å². The van der Waals surface area contributed by atoms with Crippen molar-refractivity contribution in [2.75, 3.05) is 55.9 Å². The number of hydrogen-bond acceptors (Lipinski definition) is 8. The number of carbonyl (C=O) groups is 2. The molecule has 0 aromatic heterocycles. The van der Waals surface area contributed by atoms with Gasteiger partial charge in [-0.05, 0) is 30.4 Å². The molecule has 1 fully saturated rings. The molecule has 3 heterocycles. The number of ether oxygens (including phenoxy) is 2. The van der Waals surface area contributed by atoms with Crippen LogP contribution in [0.15, 0.2) is 46.5 Å². The van der Waals surface area contributed by atoms with Crippen molar-refractivity contribution in [3.63, 3.8) is 0 Å². The molecule has 31 heavy (non-hydrogen) atoms. The fraction of sp³-hybridized carbons (Fsp3) is 0.350. The smallest absolute Gasteiger partial charge is 0.340 e. The van der Waals surface area contributed by atoms with Crippen LogP contribution in [0.1, 0.15) is 10.4 Å². The van der Waals surface area contributed by atoms with E-state index in [1.165, 1.54) is 13.2 Å². The van der Waals surface area contributed by atoms with E-state index < -0.39 is 21.9 Å². The number of methoxy groups -OCH3 is 1. The largest absolute Gasteiger partial charge is 0.465 e. The van der Waals surface area contributed by atoms with Crippen LogP contribution in [0.25, 0.3) is 0 Å². The summed E-state index contributed by atoms with van der Waals surface area (Å²) in [5.74, 6) is -1.22. The third kappa shape index (κ3) is 4.47. The van der Waals surface area contributed by atoms with Crippen LogP contribution < -0.4 is 10.2 Å². The van der Waals surface area contributed by atoms with Crippen molar-refractivity contribution in [2.45, 2.75) is 0 Å². The molecule has 0 unspecified atom stereocenters. The molecule has 4 rings (SSSR count). The van der Waals surface area contributed by atoms with Gasteiger partial charge in [0.2, 0.25) is 0 Å². The summed E-state index contributed by atoms with van der Waals surface area (Å²) in [6, 6.07) is 5.10. The Morgan fingerprint density at radius 3 is 2.71 bits per heavy atom. The number of benzene rings is 1. The van der Waals surface area contributed by atoms with Gasteiger partial charge < -0.3 is 24.6 Å². The van der Waals surface area contributed by atoms with Gasteiger partial charge in [0.1, 0.15) is 0 Å². The van der Waals surface area contributed by atoms with Crippen LogP contribution in [0.2, 0.25) is 0 Å². The highest BCUT2D eigenvalue weighted by Gasteiger charge is 2.30. The number of sulfonamides is 1. The number of allylic oxidation sites excluding steroid dienone is 2. The van der Waals surface area contributed by atoms with Crippen LogP contribution in [0.4, 0.5) is 11.4 Å². The lowest BCUT2D eigenvalue weighted by molar-refractivity contribution is -0.112. The van der Waals surface area contributed by atoms with Crippen LogP contribution >= 0.6 is 0 Å². The van der Waals surface area contributed by atoms with Gasteiger partial charge in [0, 0.05) is 31.5 Å². The third-order valence-corrected chi connectivity index (χ3v) is 6.28. The number of hydrogen-bond donors (Lipinski definition) is 1. The molecule has 0 saturated carbocycles. The topological polar surface area (TPSA) is 118 Å². The number of nitrogens with zero attached hydrogens (tertiary/aromatic N) is 3. The summed E-state index contributed by atoms with van der Waals surface area (Å²) in [4.78, 5) is 29.1. The van der Waals surface area contributed by atoms with Crippen molar-refractivity contribution < 1.29 is 27.5 Å². The van der Waals surface area contributed by atoms with Crippen molar-refractivity contribution in [3.8, 4) is 0 Å². The molecule has 0 aliphatic carbocycles. The van der Waals surface area contributed by atoms with E-state index in [0.717, 1.165) is 5.69 Å². The Hall–Kier alpha value is -3.18. The zero-order valence-corrected chi connectivity index (χ0v) is 17.7. The van der Waals surface area contributed by atoms with E-state index in [0.29, 0.717) is 26.3 Å². The number of amidine groups is 1. The summed E-state index contributed by atoms with van der Waals surface area (Å²) >= 11 is 0. The molecular weight excluding hydrogens is 424 g/mol. The van der Waals surface area contributed by atoms with Crippen LogP contribution in [-0.2, 0) is 24.3 Å². The van der Waals surface area contributed by atoms with Gasteiger partial charge in [-0.15, -0.1) is 4.40 Å². The van der Waals surface area contributed by atoms with Crippen LogP contribution in [0.5, 0.6) is 0 Å². The number of amides is 1. The maximum atomic E-state index is 13.0. The molecule has 1 saturated heterocycles. The summed E-state index contributed by atoms with van der Waals surface area (Å²) in [6.45, 7) is 2.78. The summed E-state index contributed by atoms with van der Waals surface area (Å²) in [5.41, 5.74) is 1.37. The van der Waals surface area contributed by atoms with Crippen LogP contribution in [0, 0.1) is 0 Å². The number of rotatable bonds is 4. The van der Waals surface area contributed by atoms with E-state index in [1.54, 1.807) is 35.4 Å². The minimum Gasteiger partial charge on any atom is -0.465 e. The van der Waals surface area contributed by atoms with Gasteiger partial charge in [-0.1, -0.05) is 0 Å². The van der Waals surface area contributed by atoms with Gasteiger partial charge in [0.25, 0.3) is 15.9 Å². The van der Waals surface area contributed by atoms with Crippen molar-refractivity contribution in [1.82, 2.24) is 4.90 Å². The number of esters is 1. The Balaban J connectivity index is 1.63. The lowest BCUT2D eigenvalue weighted by Gasteiger charge is -2.30. The monoisotopic (exact) mass is 446 g/mol. The Morgan fingerprint density at radius 2 is 1.97 bits per heavy atom. The highest BCUT2D eigenvalue weighted by Crippen LogP contribution is 2.26. The first-order valence-electron chi connectivity index (χ1n) is 9.72. The van der Waals surface area contributed by atoms with Gasteiger partial charge in [0.15, 0.2) is 5.84 Å². The number of nitrogens with one attached hydrogen (secondary N) is 1. The standard InChI is InChI=1S/C20H22N4O6S/c1-29-20(26)16-13-14(23-7-10-30-11-8-23)4-5-17(16)21-19(25)15-3-2-6-24-9-12-31(27,28)22-18(15)24/h2-6,13H,7-12H2,1H3,(H,21,25). The zero-order chi connectivity index (χ0) is 22.0. The molecule has 0 bridgehead atoms. The summed E-state index contributed by atoms with van der Waals surface area (Å²) in [6.07, 6.45) is 4.81.